The van der Waals surface area contributed by atoms with E-state index in [4.69, 9.17) is 14.9 Å². The molecule has 0 amide bonds. The first-order chi connectivity index (χ1) is 8.23. The van der Waals surface area contributed by atoms with Crippen LogP contribution >= 0.6 is 0 Å². The summed E-state index contributed by atoms with van der Waals surface area (Å²) >= 11 is 0. The third kappa shape index (κ3) is 1.59. The second-order valence-corrected chi connectivity index (χ2v) is 4.54. The average molecular weight is 234 g/mol. The van der Waals surface area contributed by atoms with E-state index in [0.29, 0.717) is 25.3 Å². The van der Waals surface area contributed by atoms with E-state index in [2.05, 4.69) is 4.98 Å². The zero-order chi connectivity index (χ0) is 11.9. The Kier molecular flexibility index (Phi) is 2.31. The van der Waals surface area contributed by atoms with Crippen LogP contribution in [0.3, 0.4) is 0 Å². The van der Waals surface area contributed by atoms with E-state index in [1.807, 2.05) is 18.2 Å². The quantitative estimate of drug-likeness (QED) is 0.820. The largest absolute Gasteiger partial charge is 0.417 e. The molecular formula is C12H14N2O3. The summed E-state index contributed by atoms with van der Waals surface area (Å²) in [5.74, 6) is -0.421. The Morgan fingerprint density at radius 1 is 1.41 bits per heavy atom. The molecule has 2 aromatic rings. The smallest absolute Gasteiger partial charge is 0.408 e. The fourth-order valence-corrected chi connectivity index (χ4v) is 2.36. The first-order valence-electron chi connectivity index (χ1n) is 5.65. The molecule has 1 aliphatic rings. The van der Waals surface area contributed by atoms with Gasteiger partial charge in [-0.2, -0.15) is 0 Å². The standard InChI is InChI=1S/C12H14N2O3/c13-4-3-12(6-16-7-12)8-1-2-9-10(5-8)17-11(15)14-9/h1-2,5H,3-4,6-7,13H2,(H,14,15). The Morgan fingerprint density at radius 2 is 2.24 bits per heavy atom. The topological polar surface area (TPSA) is 81.3 Å². The van der Waals surface area contributed by atoms with Crippen LogP contribution in [0.1, 0.15) is 12.0 Å². The fourth-order valence-electron chi connectivity index (χ4n) is 2.36. The lowest BCUT2D eigenvalue weighted by Gasteiger charge is -2.41. The number of hydrogen-bond donors (Lipinski definition) is 2. The number of rotatable bonds is 3. The molecule has 1 aliphatic heterocycles. The van der Waals surface area contributed by atoms with Crippen molar-refractivity contribution in [2.45, 2.75) is 11.8 Å². The number of benzene rings is 1. The summed E-state index contributed by atoms with van der Waals surface area (Å²) in [5, 5.41) is 0. The highest BCUT2D eigenvalue weighted by molar-refractivity contribution is 5.73. The van der Waals surface area contributed by atoms with Crippen LogP contribution in [0.15, 0.2) is 27.4 Å². The van der Waals surface area contributed by atoms with E-state index in [0.717, 1.165) is 17.5 Å². The molecule has 3 rings (SSSR count). The Labute approximate surface area is 97.6 Å². The monoisotopic (exact) mass is 234 g/mol. The predicted molar refractivity (Wildman–Crippen MR) is 63.0 cm³/mol. The molecule has 0 spiro atoms. The molecule has 2 heterocycles. The van der Waals surface area contributed by atoms with Crippen molar-refractivity contribution in [1.29, 1.82) is 0 Å². The van der Waals surface area contributed by atoms with Crippen LogP contribution in [0, 0.1) is 0 Å². The van der Waals surface area contributed by atoms with Crippen molar-refractivity contribution >= 4 is 11.1 Å². The van der Waals surface area contributed by atoms with Crippen LogP contribution < -0.4 is 11.5 Å². The summed E-state index contributed by atoms with van der Waals surface area (Å²) in [6.45, 7) is 1.99. The van der Waals surface area contributed by atoms with Crippen molar-refractivity contribution in [2.24, 2.45) is 5.73 Å². The molecule has 1 aromatic carbocycles. The molecule has 1 aromatic heterocycles. The van der Waals surface area contributed by atoms with Crippen LogP contribution in [-0.2, 0) is 10.2 Å². The summed E-state index contributed by atoms with van der Waals surface area (Å²) < 4.78 is 10.4. The maximum absolute atomic E-state index is 11.1. The van der Waals surface area contributed by atoms with Crippen molar-refractivity contribution in [3.63, 3.8) is 0 Å². The zero-order valence-electron chi connectivity index (χ0n) is 9.36. The lowest BCUT2D eigenvalue weighted by atomic mass is 9.76. The number of aromatic nitrogens is 1. The molecular weight excluding hydrogens is 220 g/mol. The van der Waals surface area contributed by atoms with Gasteiger partial charge < -0.3 is 14.9 Å². The normalized spacial score (nSPS) is 18.2. The van der Waals surface area contributed by atoms with Gasteiger partial charge in [0, 0.05) is 5.41 Å². The molecule has 1 fully saturated rings. The minimum atomic E-state index is -0.421. The van der Waals surface area contributed by atoms with Gasteiger partial charge in [0.05, 0.1) is 18.7 Å². The van der Waals surface area contributed by atoms with Crippen LogP contribution in [0.5, 0.6) is 0 Å². The molecule has 5 heteroatoms. The zero-order valence-corrected chi connectivity index (χ0v) is 9.36. The molecule has 17 heavy (non-hydrogen) atoms. The highest BCUT2D eigenvalue weighted by Crippen LogP contribution is 2.36. The Morgan fingerprint density at radius 3 is 2.88 bits per heavy atom. The van der Waals surface area contributed by atoms with Gasteiger partial charge in [0.15, 0.2) is 5.58 Å². The van der Waals surface area contributed by atoms with Gasteiger partial charge in [-0.1, -0.05) is 6.07 Å². The summed E-state index contributed by atoms with van der Waals surface area (Å²) in [7, 11) is 0. The average Bonchev–Trinajstić information content (AvgIpc) is 2.62. The molecule has 0 bridgehead atoms. The SMILES string of the molecule is NCCC1(c2ccc3[nH]c(=O)oc3c2)COC1. The van der Waals surface area contributed by atoms with Crippen molar-refractivity contribution in [3.05, 3.63) is 34.3 Å². The summed E-state index contributed by atoms with van der Waals surface area (Å²) in [4.78, 5) is 13.7. The van der Waals surface area contributed by atoms with E-state index in [1.165, 1.54) is 0 Å². The highest BCUT2D eigenvalue weighted by Gasteiger charge is 2.39. The number of nitrogens with one attached hydrogen (secondary N) is 1. The molecule has 0 unspecified atom stereocenters. The van der Waals surface area contributed by atoms with Gasteiger partial charge in [-0.15, -0.1) is 0 Å². The van der Waals surface area contributed by atoms with Crippen LogP contribution in [0.4, 0.5) is 0 Å². The molecule has 90 valence electrons. The number of H-pyrrole nitrogens is 1. The molecule has 0 atom stereocenters. The Balaban J connectivity index is 2.07. The first-order valence-corrected chi connectivity index (χ1v) is 5.65. The molecule has 5 nitrogen and oxygen atoms in total. The van der Waals surface area contributed by atoms with E-state index in [1.54, 1.807) is 0 Å². The second kappa shape index (κ2) is 3.72. The maximum Gasteiger partial charge on any atom is 0.417 e. The maximum atomic E-state index is 11.1. The summed E-state index contributed by atoms with van der Waals surface area (Å²) in [6, 6.07) is 5.78. The van der Waals surface area contributed by atoms with Gasteiger partial charge in [0.1, 0.15) is 0 Å². The second-order valence-electron chi connectivity index (χ2n) is 4.54. The number of hydrogen-bond acceptors (Lipinski definition) is 4. The van der Waals surface area contributed by atoms with Gasteiger partial charge in [0.25, 0.3) is 0 Å². The highest BCUT2D eigenvalue weighted by atomic mass is 16.5. The minimum absolute atomic E-state index is 0.00121. The summed E-state index contributed by atoms with van der Waals surface area (Å²) in [5.41, 5.74) is 8.09. The lowest BCUT2D eigenvalue weighted by Crippen LogP contribution is -2.48. The van der Waals surface area contributed by atoms with Crippen molar-refractivity contribution in [1.82, 2.24) is 4.98 Å². The van der Waals surface area contributed by atoms with Crippen molar-refractivity contribution in [2.75, 3.05) is 19.8 Å². The third-order valence-electron chi connectivity index (χ3n) is 3.41. The molecule has 3 N–H and O–H groups in total. The Bertz CT molecular complexity index is 595. The van der Waals surface area contributed by atoms with Gasteiger partial charge in [0.2, 0.25) is 0 Å². The summed E-state index contributed by atoms with van der Waals surface area (Å²) in [6.07, 6.45) is 0.882. The van der Waals surface area contributed by atoms with Gasteiger partial charge in [-0.25, -0.2) is 4.79 Å². The molecule has 0 radical (unpaired) electrons. The van der Waals surface area contributed by atoms with E-state index in [-0.39, 0.29) is 5.41 Å². The predicted octanol–water partition coefficient (Wildman–Crippen LogP) is 0.738. The third-order valence-corrected chi connectivity index (χ3v) is 3.41. The Hall–Kier alpha value is -1.59. The van der Waals surface area contributed by atoms with E-state index < -0.39 is 5.76 Å². The molecule has 0 saturated carbocycles. The minimum Gasteiger partial charge on any atom is -0.408 e. The van der Waals surface area contributed by atoms with Crippen molar-refractivity contribution < 1.29 is 9.15 Å². The van der Waals surface area contributed by atoms with Crippen molar-refractivity contribution in [3.8, 4) is 0 Å². The van der Waals surface area contributed by atoms with Crippen LogP contribution in [0.2, 0.25) is 0 Å². The number of oxazole rings is 1. The van der Waals surface area contributed by atoms with Gasteiger partial charge in [-0.05, 0) is 30.7 Å². The number of fused-ring (bicyclic) bond motifs is 1. The van der Waals surface area contributed by atoms with E-state index >= 15 is 0 Å². The van der Waals surface area contributed by atoms with Gasteiger partial charge >= 0.3 is 5.76 Å². The molecule has 0 aliphatic carbocycles. The number of nitrogens with two attached hydrogens (primary N) is 1. The first kappa shape index (κ1) is 10.6. The number of aromatic amines is 1. The van der Waals surface area contributed by atoms with Gasteiger partial charge in [-0.3, -0.25) is 4.98 Å². The van der Waals surface area contributed by atoms with Crippen LogP contribution in [-0.4, -0.2) is 24.7 Å². The lowest BCUT2D eigenvalue weighted by molar-refractivity contribution is -0.0630. The van der Waals surface area contributed by atoms with Crippen LogP contribution in [0.25, 0.3) is 11.1 Å². The number of ether oxygens (including phenoxy) is 1. The van der Waals surface area contributed by atoms with E-state index in [9.17, 15) is 4.79 Å². The fraction of sp³-hybridized carbons (Fsp3) is 0.417. The molecule has 1 saturated heterocycles.